The van der Waals surface area contributed by atoms with E-state index in [4.69, 9.17) is 4.74 Å². The molecule has 5 rings (SSSR count). The highest BCUT2D eigenvalue weighted by Gasteiger charge is 2.43. The lowest BCUT2D eigenvalue weighted by molar-refractivity contribution is -0.141. The van der Waals surface area contributed by atoms with Gasteiger partial charge in [0.25, 0.3) is 5.91 Å². The number of nitrogens with one attached hydrogen (secondary N) is 1. The lowest BCUT2D eigenvalue weighted by atomic mass is 10.0. The number of aliphatic imine (C=N–C) groups is 1. The topological polar surface area (TPSA) is 109 Å². The Labute approximate surface area is 222 Å². The van der Waals surface area contributed by atoms with Crippen molar-refractivity contribution < 1.29 is 31.1 Å². The molecule has 0 spiro atoms. The standard InChI is InChI=1S/C25H25F3N6O4S/c1-38-19-10-8-18(9-11-19)34-21-20(22(30-34)25(26,27)28)12-15-32(23(21)35)16-4-6-17(7-5-16)33-14-3-13-29-24(33)31-39(2,36)37/h4-11H,3,12-15H2,1-2H3,(H,29,31). The number of ether oxygens (including phenoxy) is 1. The number of halogens is 3. The fourth-order valence-corrected chi connectivity index (χ4v) is 5.17. The van der Waals surface area contributed by atoms with E-state index in [9.17, 15) is 26.4 Å². The molecule has 39 heavy (non-hydrogen) atoms. The van der Waals surface area contributed by atoms with Gasteiger partial charge < -0.3 is 14.5 Å². The van der Waals surface area contributed by atoms with Gasteiger partial charge in [-0.05, 0) is 61.4 Å². The third-order valence-electron chi connectivity index (χ3n) is 6.41. The number of carbonyl (C=O) groups excluding carboxylic acids is 1. The molecule has 2 aliphatic rings. The van der Waals surface area contributed by atoms with Crippen molar-refractivity contribution in [1.82, 2.24) is 14.5 Å². The van der Waals surface area contributed by atoms with Crippen molar-refractivity contribution in [3.05, 3.63) is 65.5 Å². The molecule has 3 aromatic rings. The van der Waals surface area contributed by atoms with Crippen molar-refractivity contribution in [2.24, 2.45) is 4.99 Å². The number of benzene rings is 2. The molecule has 2 aromatic carbocycles. The zero-order valence-corrected chi connectivity index (χ0v) is 21.9. The minimum absolute atomic E-state index is 0.0327. The first-order valence-electron chi connectivity index (χ1n) is 12.0. The van der Waals surface area contributed by atoms with Crippen LogP contribution in [0.3, 0.4) is 0 Å². The Balaban J connectivity index is 1.48. The summed E-state index contributed by atoms with van der Waals surface area (Å²) in [4.78, 5) is 21.0. The number of carbonyl (C=O) groups is 1. The summed E-state index contributed by atoms with van der Waals surface area (Å²) in [7, 11) is -2.06. The van der Waals surface area contributed by atoms with Crippen molar-refractivity contribution in [3.63, 3.8) is 0 Å². The zero-order chi connectivity index (χ0) is 27.9. The molecule has 0 aliphatic carbocycles. The molecular weight excluding hydrogens is 537 g/mol. The minimum Gasteiger partial charge on any atom is -0.497 e. The number of aromatic nitrogens is 2. The van der Waals surface area contributed by atoms with Crippen molar-refractivity contribution in [2.75, 3.05) is 42.8 Å². The van der Waals surface area contributed by atoms with Crippen LogP contribution in [0.4, 0.5) is 24.5 Å². The number of methoxy groups -OCH3 is 1. The highest BCUT2D eigenvalue weighted by molar-refractivity contribution is 7.89. The molecule has 0 bridgehead atoms. The van der Waals surface area contributed by atoms with Crippen molar-refractivity contribution in [3.8, 4) is 11.4 Å². The van der Waals surface area contributed by atoms with Crippen molar-refractivity contribution >= 4 is 33.3 Å². The van der Waals surface area contributed by atoms with Crippen LogP contribution in [0.5, 0.6) is 5.75 Å². The second-order valence-electron chi connectivity index (χ2n) is 9.09. The number of fused-ring (bicyclic) bond motifs is 1. The maximum absolute atomic E-state index is 13.8. The first kappa shape index (κ1) is 26.5. The van der Waals surface area contributed by atoms with Crippen LogP contribution in [0, 0.1) is 0 Å². The van der Waals surface area contributed by atoms with Gasteiger partial charge in [0, 0.05) is 36.6 Å². The SMILES string of the molecule is COc1ccc(-n2nc(C(F)(F)F)c3c2C(=O)N(c2ccc(N4CCCN=C4NS(C)(=O)=O)cc2)CC3)cc1. The van der Waals surface area contributed by atoms with E-state index in [-0.39, 0.29) is 30.2 Å². The second-order valence-corrected chi connectivity index (χ2v) is 10.8. The van der Waals surface area contributed by atoms with Gasteiger partial charge in [0.1, 0.15) is 11.4 Å². The summed E-state index contributed by atoms with van der Waals surface area (Å²) in [5.74, 6) is 0.109. The first-order chi connectivity index (χ1) is 18.5. The van der Waals surface area contributed by atoms with E-state index in [1.165, 1.54) is 24.1 Å². The van der Waals surface area contributed by atoms with Gasteiger partial charge in [-0.3, -0.25) is 14.5 Å². The average Bonchev–Trinajstić information content (AvgIpc) is 3.30. The van der Waals surface area contributed by atoms with Crippen molar-refractivity contribution in [1.29, 1.82) is 0 Å². The number of alkyl halides is 3. The Bertz CT molecular complexity index is 1530. The minimum atomic E-state index is -4.72. The van der Waals surface area contributed by atoms with Gasteiger partial charge in [-0.15, -0.1) is 0 Å². The Hall–Kier alpha value is -4.07. The Kier molecular flexibility index (Phi) is 6.74. The fourth-order valence-electron chi connectivity index (χ4n) is 4.67. The van der Waals surface area contributed by atoms with Crippen molar-refractivity contribution in [2.45, 2.75) is 19.0 Å². The lowest BCUT2D eigenvalue weighted by Gasteiger charge is -2.31. The summed E-state index contributed by atoms with van der Waals surface area (Å²) < 4.78 is 73.6. The van der Waals surface area contributed by atoms with Crippen LogP contribution in [0.2, 0.25) is 0 Å². The lowest BCUT2D eigenvalue weighted by Crippen LogP contribution is -2.46. The van der Waals surface area contributed by atoms with Gasteiger partial charge >= 0.3 is 6.18 Å². The molecule has 1 N–H and O–H groups in total. The Morgan fingerprint density at radius 2 is 1.56 bits per heavy atom. The number of sulfonamides is 1. The van der Waals surface area contributed by atoms with Crippen LogP contribution in [0.25, 0.3) is 5.69 Å². The Morgan fingerprint density at radius 1 is 0.949 bits per heavy atom. The number of guanidine groups is 1. The first-order valence-corrected chi connectivity index (χ1v) is 13.9. The predicted octanol–water partition coefficient (Wildman–Crippen LogP) is 3.22. The molecule has 0 radical (unpaired) electrons. The number of hydrogen-bond donors (Lipinski definition) is 1. The molecule has 206 valence electrons. The maximum Gasteiger partial charge on any atom is 0.435 e. The molecule has 3 heterocycles. The Morgan fingerprint density at radius 3 is 2.15 bits per heavy atom. The third-order valence-corrected chi connectivity index (χ3v) is 6.96. The van der Waals surface area contributed by atoms with Crippen LogP contribution >= 0.6 is 0 Å². The number of hydrogen-bond acceptors (Lipinski definition) is 7. The smallest absolute Gasteiger partial charge is 0.435 e. The molecule has 1 amide bonds. The molecule has 14 heteroatoms. The van der Waals surface area contributed by atoms with Gasteiger partial charge in [0.05, 0.1) is 19.1 Å². The number of nitrogens with zero attached hydrogens (tertiary/aromatic N) is 5. The van der Waals surface area contributed by atoms with Crippen LogP contribution in [-0.4, -0.2) is 63.1 Å². The summed E-state index contributed by atoms with van der Waals surface area (Å²) in [6.07, 6.45) is -2.99. The number of rotatable bonds is 5. The molecule has 0 atom stereocenters. The molecule has 2 aliphatic heterocycles. The average molecular weight is 563 g/mol. The van der Waals surface area contributed by atoms with E-state index < -0.39 is 27.8 Å². The van der Waals surface area contributed by atoms with E-state index >= 15 is 0 Å². The molecule has 0 saturated heterocycles. The van der Waals surface area contributed by atoms with Gasteiger partial charge in [-0.1, -0.05) is 0 Å². The molecule has 0 unspecified atom stereocenters. The summed E-state index contributed by atoms with van der Waals surface area (Å²) >= 11 is 0. The van der Waals surface area contributed by atoms with Crippen LogP contribution < -0.4 is 19.3 Å². The van der Waals surface area contributed by atoms with E-state index in [0.717, 1.165) is 17.4 Å². The highest BCUT2D eigenvalue weighted by Crippen LogP contribution is 2.37. The van der Waals surface area contributed by atoms with Crippen LogP contribution in [0.1, 0.15) is 28.2 Å². The van der Waals surface area contributed by atoms with Crippen LogP contribution in [0.15, 0.2) is 53.5 Å². The predicted molar refractivity (Wildman–Crippen MR) is 139 cm³/mol. The molecular formula is C25H25F3N6O4S. The van der Waals surface area contributed by atoms with E-state index in [1.54, 1.807) is 41.3 Å². The fraction of sp³-hybridized carbons (Fsp3) is 0.320. The summed E-state index contributed by atoms with van der Waals surface area (Å²) in [5, 5.41) is 3.81. The summed E-state index contributed by atoms with van der Waals surface area (Å²) in [6, 6.07) is 13.0. The van der Waals surface area contributed by atoms with Crippen LogP contribution in [-0.2, 0) is 22.6 Å². The number of anilines is 2. The van der Waals surface area contributed by atoms with Gasteiger partial charge in [-0.25, -0.2) is 13.1 Å². The quantitative estimate of drug-likeness (QED) is 0.512. The molecule has 1 aromatic heterocycles. The molecule has 0 saturated carbocycles. The van der Waals surface area contributed by atoms with E-state index in [2.05, 4.69) is 14.8 Å². The monoisotopic (exact) mass is 562 g/mol. The molecule has 10 nitrogen and oxygen atoms in total. The normalized spacial score (nSPS) is 16.1. The highest BCUT2D eigenvalue weighted by atomic mass is 32.2. The van der Waals surface area contributed by atoms with Gasteiger partial charge in [0.15, 0.2) is 5.69 Å². The maximum atomic E-state index is 13.8. The number of amides is 1. The molecule has 0 fully saturated rings. The largest absolute Gasteiger partial charge is 0.497 e. The van der Waals surface area contributed by atoms with E-state index in [0.29, 0.717) is 35.9 Å². The summed E-state index contributed by atoms with van der Waals surface area (Å²) in [5.41, 5.74) is 0.0660. The van der Waals surface area contributed by atoms with Gasteiger partial charge in [-0.2, -0.15) is 18.3 Å². The second kappa shape index (κ2) is 9.91. The van der Waals surface area contributed by atoms with E-state index in [1.807, 2.05) is 0 Å². The third kappa shape index (κ3) is 5.28. The zero-order valence-electron chi connectivity index (χ0n) is 21.1. The summed E-state index contributed by atoms with van der Waals surface area (Å²) in [6.45, 7) is 1.06. The van der Waals surface area contributed by atoms with Gasteiger partial charge in [0.2, 0.25) is 16.0 Å².